The summed E-state index contributed by atoms with van der Waals surface area (Å²) < 4.78 is 5.81. The summed E-state index contributed by atoms with van der Waals surface area (Å²) in [6.45, 7) is 4.71. The van der Waals surface area contributed by atoms with Gasteiger partial charge in [0.05, 0.1) is 29.0 Å². The molecule has 2 aliphatic heterocycles. The largest absolute Gasteiger partial charge is 0.494 e. The number of imidazole rings is 1. The van der Waals surface area contributed by atoms with Crippen molar-refractivity contribution in [1.82, 2.24) is 14.9 Å². The minimum atomic E-state index is -0.308. The quantitative estimate of drug-likeness (QED) is 0.346. The number of aliphatic imine (C=N–C) groups is 1. The minimum Gasteiger partial charge on any atom is -0.494 e. The number of amides is 1. The number of nitrogens with zero attached hydrogens (tertiary/aromatic N) is 4. The van der Waals surface area contributed by atoms with Gasteiger partial charge in [-0.1, -0.05) is 12.1 Å². The van der Waals surface area contributed by atoms with Crippen molar-refractivity contribution in [2.75, 3.05) is 44.7 Å². The van der Waals surface area contributed by atoms with E-state index in [1.165, 1.54) is 11.3 Å². The van der Waals surface area contributed by atoms with Gasteiger partial charge in [0.1, 0.15) is 11.6 Å². The lowest BCUT2D eigenvalue weighted by Gasteiger charge is -2.34. The molecule has 0 spiro atoms. The van der Waals surface area contributed by atoms with E-state index < -0.39 is 0 Å². The van der Waals surface area contributed by atoms with Gasteiger partial charge in [0, 0.05) is 50.3 Å². The van der Waals surface area contributed by atoms with Gasteiger partial charge in [0.2, 0.25) is 5.91 Å². The molecule has 4 aromatic rings. The van der Waals surface area contributed by atoms with Gasteiger partial charge in [-0.3, -0.25) is 9.79 Å². The van der Waals surface area contributed by atoms with Gasteiger partial charge in [-0.05, 0) is 73.1 Å². The lowest BCUT2D eigenvalue weighted by Crippen LogP contribution is -2.44. The normalized spacial score (nSPS) is 15.5. The second kappa shape index (κ2) is 10.3. The molecule has 0 bridgehead atoms. The van der Waals surface area contributed by atoms with Crippen molar-refractivity contribution in [1.29, 1.82) is 0 Å². The van der Waals surface area contributed by atoms with Crippen LogP contribution in [-0.4, -0.2) is 66.3 Å². The van der Waals surface area contributed by atoms with Crippen LogP contribution in [0.4, 0.5) is 11.4 Å². The molecule has 1 saturated heterocycles. The van der Waals surface area contributed by atoms with Crippen LogP contribution in [0.3, 0.4) is 0 Å². The molecule has 194 valence electrons. The van der Waals surface area contributed by atoms with Crippen LogP contribution in [0.15, 0.2) is 65.7 Å². The van der Waals surface area contributed by atoms with Gasteiger partial charge >= 0.3 is 0 Å². The fourth-order valence-electron chi connectivity index (χ4n) is 5.11. The third kappa shape index (κ3) is 5.13. The number of aromatic nitrogens is 2. The first kappa shape index (κ1) is 24.2. The zero-order valence-corrected chi connectivity index (χ0v) is 21.6. The van der Waals surface area contributed by atoms with E-state index in [2.05, 4.69) is 64.3 Å². The van der Waals surface area contributed by atoms with Gasteiger partial charge in [0.15, 0.2) is 0 Å². The number of likely N-dealkylation sites (N-methyl/N-ethyl adjacent to an activating group) is 1. The maximum Gasteiger partial charge on any atom is 0.217 e. The first-order valence-electron chi connectivity index (χ1n) is 13.2. The summed E-state index contributed by atoms with van der Waals surface area (Å²) in [6.07, 6.45) is 1.68. The van der Waals surface area contributed by atoms with Crippen LogP contribution < -0.4 is 15.4 Å². The van der Waals surface area contributed by atoms with Crippen LogP contribution in [0.5, 0.6) is 5.75 Å². The van der Waals surface area contributed by atoms with Crippen molar-refractivity contribution in [3.63, 3.8) is 0 Å². The number of nitrogens with one attached hydrogen (secondary N) is 1. The maximum atomic E-state index is 10.9. The molecule has 0 saturated carbocycles. The molecule has 2 aliphatic rings. The standard InChI is InChI=1S/C30H32N6O2/c1-35-11-13-36(14-12-35)23-8-10-26-28(19-23)34-30(33-26)21-7-9-25-22(16-21)18-27(32-25)20-4-2-5-24(17-20)38-15-3-6-29(31)37/h2,4-5,7-10,16-17,19H,3,6,11-15,18H2,1H3,(H2,31,37)(H,33,34). The second-order valence-corrected chi connectivity index (χ2v) is 10.1. The highest BCUT2D eigenvalue weighted by molar-refractivity contribution is 6.07. The van der Waals surface area contributed by atoms with Crippen molar-refractivity contribution >= 4 is 34.0 Å². The van der Waals surface area contributed by atoms with E-state index >= 15 is 0 Å². The summed E-state index contributed by atoms with van der Waals surface area (Å²) in [6, 6.07) is 20.8. The van der Waals surface area contributed by atoms with Gasteiger partial charge < -0.3 is 25.3 Å². The molecule has 0 radical (unpaired) electrons. The van der Waals surface area contributed by atoms with E-state index in [0.29, 0.717) is 19.4 Å². The molecule has 38 heavy (non-hydrogen) atoms. The van der Waals surface area contributed by atoms with E-state index in [9.17, 15) is 4.79 Å². The molecule has 3 aromatic carbocycles. The number of fused-ring (bicyclic) bond motifs is 2. The van der Waals surface area contributed by atoms with E-state index in [1.54, 1.807) is 0 Å². The van der Waals surface area contributed by atoms with Crippen LogP contribution in [0, 0.1) is 0 Å². The third-order valence-electron chi connectivity index (χ3n) is 7.30. The van der Waals surface area contributed by atoms with Crippen molar-refractivity contribution < 1.29 is 9.53 Å². The number of aromatic amines is 1. The lowest BCUT2D eigenvalue weighted by molar-refractivity contribution is -0.118. The maximum absolute atomic E-state index is 10.9. The molecule has 0 atom stereocenters. The molecule has 0 unspecified atom stereocenters. The Balaban J connectivity index is 1.16. The molecule has 3 heterocycles. The number of hydrogen-bond acceptors (Lipinski definition) is 6. The summed E-state index contributed by atoms with van der Waals surface area (Å²) in [4.78, 5) is 29.0. The van der Waals surface area contributed by atoms with E-state index in [4.69, 9.17) is 20.4 Å². The van der Waals surface area contributed by atoms with Crippen molar-refractivity contribution in [3.8, 4) is 17.1 Å². The smallest absolute Gasteiger partial charge is 0.217 e. The number of benzene rings is 3. The van der Waals surface area contributed by atoms with Gasteiger partial charge in [-0.25, -0.2) is 4.98 Å². The molecular formula is C30H32N6O2. The molecule has 1 fully saturated rings. The van der Waals surface area contributed by atoms with Crippen LogP contribution in [0.2, 0.25) is 0 Å². The SMILES string of the molecule is CN1CCN(c2ccc3nc(-c4ccc5c(c4)CC(c4cccc(OCCCC(N)=O)c4)=N5)[nH]c3c2)CC1. The summed E-state index contributed by atoms with van der Waals surface area (Å²) in [5, 5.41) is 0. The molecule has 8 heteroatoms. The Bertz CT molecular complexity index is 1520. The number of anilines is 1. The Morgan fingerprint density at radius 1 is 1.03 bits per heavy atom. The van der Waals surface area contributed by atoms with E-state index in [1.807, 2.05) is 18.2 Å². The third-order valence-corrected chi connectivity index (χ3v) is 7.30. The van der Waals surface area contributed by atoms with Crippen molar-refractivity contribution in [3.05, 3.63) is 71.8 Å². The summed E-state index contributed by atoms with van der Waals surface area (Å²) in [5.41, 5.74) is 13.8. The number of rotatable bonds is 8. The Kier molecular flexibility index (Phi) is 6.55. The van der Waals surface area contributed by atoms with Crippen LogP contribution >= 0.6 is 0 Å². The van der Waals surface area contributed by atoms with Crippen LogP contribution in [0.25, 0.3) is 22.4 Å². The Hall–Kier alpha value is -4.17. The zero-order chi connectivity index (χ0) is 26.1. The number of hydrogen-bond donors (Lipinski definition) is 2. The number of ether oxygens (including phenoxy) is 1. The number of nitrogens with two attached hydrogens (primary N) is 1. The number of carbonyl (C=O) groups is 1. The van der Waals surface area contributed by atoms with Crippen molar-refractivity contribution in [2.24, 2.45) is 10.7 Å². The topological polar surface area (TPSA) is 99.8 Å². The molecule has 1 amide bonds. The monoisotopic (exact) mass is 508 g/mol. The average Bonchev–Trinajstić information content (AvgIpc) is 3.55. The molecule has 1 aromatic heterocycles. The Labute approximate surface area is 222 Å². The number of piperazine rings is 1. The number of carbonyl (C=O) groups excluding carboxylic acids is 1. The highest BCUT2D eigenvalue weighted by Crippen LogP contribution is 2.34. The molecule has 0 aliphatic carbocycles. The molecular weight excluding hydrogens is 476 g/mol. The first-order chi connectivity index (χ1) is 18.5. The fourth-order valence-corrected chi connectivity index (χ4v) is 5.11. The highest BCUT2D eigenvalue weighted by atomic mass is 16.5. The van der Waals surface area contributed by atoms with Crippen LogP contribution in [0.1, 0.15) is 24.0 Å². The zero-order valence-electron chi connectivity index (χ0n) is 21.6. The Morgan fingerprint density at radius 2 is 1.89 bits per heavy atom. The molecule has 3 N–H and O–H groups in total. The highest BCUT2D eigenvalue weighted by Gasteiger charge is 2.19. The van der Waals surface area contributed by atoms with Gasteiger partial charge in [0.25, 0.3) is 0 Å². The van der Waals surface area contributed by atoms with E-state index in [-0.39, 0.29) is 5.91 Å². The number of H-pyrrole nitrogens is 1. The second-order valence-electron chi connectivity index (χ2n) is 10.1. The molecule has 8 nitrogen and oxygen atoms in total. The van der Waals surface area contributed by atoms with Crippen molar-refractivity contribution in [2.45, 2.75) is 19.3 Å². The minimum absolute atomic E-state index is 0.308. The fraction of sp³-hybridized carbons (Fsp3) is 0.300. The summed E-state index contributed by atoms with van der Waals surface area (Å²) in [5.74, 6) is 1.33. The summed E-state index contributed by atoms with van der Waals surface area (Å²) in [7, 11) is 2.18. The van der Waals surface area contributed by atoms with Gasteiger partial charge in [-0.2, -0.15) is 0 Å². The number of primary amides is 1. The lowest BCUT2D eigenvalue weighted by atomic mass is 10.0. The van der Waals surface area contributed by atoms with Gasteiger partial charge in [-0.15, -0.1) is 0 Å². The molecule has 6 rings (SSSR count). The predicted octanol–water partition coefficient (Wildman–Crippen LogP) is 4.30. The predicted molar refractivity (Wildman–Crippen MR) is 152 cm³/mol. The average molecular weight is 509 g/mol. The van der Waals surface area contributed by atoms with E-state index in [0.717, 1.165) is 77.7 Å². The Morgan fingerprint density at radius 3 is 2.74 bits per heavy atom. The van der Waals surface area contributed by atoms with Crippen LogP contribution in [-0.2, 0) is 11.2 Å². The first-order valence-corrected chi connectivity index (χ1v) is 13.2. The summed E-state index contributed by atoms with van der Waals surface area (Å²) >= 11 is 0.